The lowest BCUT2D eigenvalue weighted by Gasteiger charge is -2.01. The number of aryl methyl sites for hydroxylation is 1. The number of nitrogens with zero attached hydrogens (tertiary/aromatic N) is 1. The molecule has 112 valence electrons. The zero-order valence-corrected chi connectivity index (χ0v) is 13.2. The van der Waals surface area contributed by atoms with Crippen LogP contribution < -0.4 is 4.57 Å². The Balaban J connectivity index is 1.82. The van der Waals surface area contributed by atoms with Crippen LogP contribution in [0.5, 0.6) is 0 Å². The summed E-state index contributed by atoms with van der Waals surface area (Å²) >= 11 is 1.70. The maximum Gasteiger partial charge on any atom is 0.264 e. The molecule has 0 aliphatic carbocycles. The third-order valence-corrected chi connectivity index (χ3v) is 4.73. The predicted octanol–water partition coefficient (Wildman–Crippen LogP) is 2.79. The van der Waals surface area contributed by atoms with Gasteiger partial charge in [0.25, 0.3) is 10.1 Å². The normalized spacial score (nSPS) is 11.5. The molecule has 0 unspecified atom stereocenters. The molecule has 0 atom stereocenters. The molecule has 1 heterocycles. The number of hydrogen-bond donors (Lipinski definition) is 1. The fraction of sp³-hybridized carbons (Fsp3) is 0.267. The van der Waals surface area contributed by atoms with E-state index in [2.05, 4.69) is 12.1 Å². The first-order chi connectivity index (χ1) is 10.0. The smallest absolute Gasteiger partial charge is 0.264 e. The molecule has 0 saturated heterocycles. The van der Waals surface area contributed by atoms with Gasteiger partial charge in [-0.15, -0.1) is 0 Å². The summed E-state index contributed by atoms with van der Waals surface area (Å²) in [5, 5.41) is 0. The predicted molar refractivity (Wildman–Crippen MR) is 82.9 cm³/mol. The number of benzene rings is 1. The van der Waals surface area contributed by atoms with E-state index in [1.807, 2.05) is 47.3 Å². The number of aromatic nitrogens is 1. The minimum absolute atomic E-state index is 0.171. The third-order valence-electron chi connectivity index (χ3n) is 2.91. The van der Waals surface area contributed by atoms with E-state index in [1.165, 1.54) is 4.90 Å². The Morgan fingerprint density at radius 2 is 1.57 bits per heavy atom. The summed E-state index contributed by atoms with van der Waals surface area (Å²) in [6, 6.07) is 14.2. The molecular weight excluding hydrogens is 306 g/mol. The van der Waals surface area contributed by atoms with Crippen molar-refractivity contribution >= 4 is 21.9 Å². The molecule has 2 rings (SSSR count). The van der Waals surface area contributed by atoms with Crippen molar-refractivity contribution in [3.63, 3.8) is 0 Å². The first-order valence-corrected chi connectivity index (χ1v) is 9.13. The minimum atomic E-state index is -3.83. The summed E-state index contributed by atoms with van der Waals surface area (Å²) in [4.78, 5) is 2.36. The Bertz CT molecular complexity index is 655. The van der Waals surface area contributed by atoms with Crippen LogP contribution in [0.1, 0.15) is 12.8 Å². The van der Waals surface area contributed by atoms with Gasteiger partial charge in [0.1, 0.15) is 6.54 Å². The van der Waals surface area contributed by atoms with Gasteiger partial charge >= 0.3 is 0 Å². The summed E-state index contributed by atoms with van der Waals surface area (Å²) in [6.07, 6.45) is 5.15. The Morgan fingerprint density at radius 3 is 2.19 bits per heavy atom. The van der Waals surface area contributed by atoms with Crippen LogP contribution in [0.4, 0.5) is 0 Å². The van der Waals surface area contributed by atoms with E-state index in [4.69, 9.17) is 4.55 Å². The highest BCUT2D eigenvalue weighted by Gasteiger charge is 2.06. The summed E-state index contributed by atoms with van der Waals surface area (Å²) in [5.74, 6) is -0.171. The Hall–Kier alpha value is -1.37. The van der Waals surface area contributed by atoms with Gasteiger partial charge < -0.3 is 0 Å². The molecule has 0 aliphatic rings. The molecule has 0 amide bonds. The number of hydrogen-bond acceptors (Lipinski definition) is 3. The van der Waals surface area contributed by atoms with Crippen molar-refractivity contribution < 1.29 is 17.5 Å². The standard InChI is InChI=1S/C15H17NO3S2/c17-21(18,19)13-5-4-10-16-11-8-15(9-12-16)20-14-6-2-1-3-7-14/h1-3,6-9,11-12H,4-5,10,13H2/p+1. The van der Waals surface area contributed by atoms with Crippen LogP contribution >= 0.6 is 11.8 Å². The summed E-state index contributed by atoms with van der Waals surface area (Å²) in [5.41, 5.74) is 0. The fourth-order valence-electron chi connectivity index (χ4n) is 1.86. The molecule has 0 saturated carbocycles. The topological polar surface area (TPSA) is 58.3 Å². The molecule has 0 bridgehead atoms. The van der Waals surface area contributed by atoms with Gasteiger partial charge in [-0.2, -0.15) is 8.42 Å². The van der Waals surface area contributed by atoms with Gasteiger partial charge in [0.05, 0.1) is 5.75 Å². The maximum absolute atomic E-state index is 10.6. The minimum Gasteiger partial charge on any atom is -0.286 e. The molecule has 4 nitrogen and oxygen atoms in total. The van der Waals surface area contributed by atoms with Crippen LogP contribution in [0.15, 0.2) is 64.6 Å². The van der Waals surface area contributed by atoms with Crippen LogP contribution in [0.3, 0.4) is 0 Å². The highest BCUT2D eigenvalue weighted by atomic mass is 32.2. The second kappa shape index (κ2) is 7.59. The zero-order chi connectivity index (χ0) is 15.1. The molecule has 21 heavy (non-hydrogen) atoms. The highest BCUT2D eigenvalue weighted by Crippen LogP contribution is 2.25. The van der Waals surface area contributed by atoms with Gasteiger partial charge in [-0.25, -0.2) is 4.57 Å². The molecule has 0 radical (unpaired) electrons. The van der Waals surface area contributed by atoms with Crippen molar-refractivity contribution in [2.45, 2.75) is 29.2 Å². The lowest BCUT2D eigenvalue weighted by Crippen LogP contribution is -2.32. The lowest BCUT2D eigenvalue weighted by atomic mass is 10.3. The maximum atomic E-state index is 10.6. The van der Waals surface area contributed by atoms with Crippen molar-refractivity contribution in [1.82, 2.24) is 0 Å². The van der Waals surface area contributed by atoms with Crippen LogP contribution in [0.25, 0.3) is 0 Å². The fourth-order valence-corrected chi connectivity index (χ4v) is 3.26. The number of unbranched alkanes of at least 4 members (excludes halogenated alkanes) is 1. The number of rotatable bonds is 7. The first kappa shape index (κ1) is 16.0. The zero-order valence-electron chi connectivity index (χ0n) is 11.6. The van der Waals surface area contributed by atoms with Crippen molar-refractivity contribution in [2.75, 3.05) is 5.75 Å². The molecule has 0 spiro atoms. The second-order valence-electron chi connectivity index (χ2n) is 4.68. The molecule has 6 heteroatoms. The van der Waals surface area contributed by atoms with Gasteiger partial charge in [0.15, 0.2) is 12.4 Å². The van der Waals surface area contributed by atoms with Crippen molar-refractivity contribution in [3.8, 4) is 0 Å². The van der Waals surface area contributed by atoms with E-state index in [0.717, 1.165) is 17.9 Å². The van der Waals surface area contributed by atoms with Gasteiger partial charge in [0, 0.05) is 28.3 Å². The molecule has 0 aliphatic heterocycles. The number of pyridine rings is 1. The summed E-state index contributed by atoms with van der Waals surface area (Å²) in [6.45, 7) is 0.742. The average molecular weight is 324 g/mol. The van der Waals surface area contributed by atoms with Crippen LogP contribution in [0.2, 0.25) is 0 Å². The summed E-state index contributed by atoms with van der Waals surface area (Å²) in [7, 11) is -3.83. The quantitative estimate of drug-likeness (QED) is 0.483. The summed E-state index contributed by atoms with van der Waals surface area (Å²) < 4.78 is 31.9. The van der Waals surface area contributed by atoms with Crippen molar-refractivity contribution in [2.24, 2.45) is 0 Å². The Morgan fingerprint density at radius 1 is 0.952 bits per heavy atom. The average Bonchev–Trinajstić information content (AvgIpc) is 2.45. The molecule has 2 aromatic rings. The van der Waals surface area contributed by atoms with E-state index in [9.17, 15) is 8.42 Å². The van der Waals surface area contributed by atoms with Gasteiger partial charge in [-0.1, -0.05) is 30.0 Å². The highest BCUT2D eigenvalue weighted by molar-refractivity contribution is 7.99. The Labute approximate surface area is 129 Å². The molecule has 1 aromatic carbocycles. The molecule has 1 N–H and O–H groups in total. The van der Waals surface area contributed by atoms with Gasteiger partial charge in [-0.3, -0.25) is 4.55 Å². The second-order valence-corrected chi connectivity index (χ2v) is 7.40. The lowest BCUT2D eigenvalue weighted by molar-refractivity contribution is -0.697. The Kier molecular flexibility index (Phi) is 5.78. The van der Waals surface area contributed by atoms with E-state index in [0.29, 0.717) is 6.42 Å². The molecule has 0 fully saturated rings. The largest absolute Gasteiger partial charge is 0.286 e. The van der Waals surface area contributed by atoms with E-state index in [-0.39, 0.29) is 5.75 Å². The third kappa shape index (κ3) is 6.29. The molecular formula is C15H18NO3S2+. The van der Waals surface area contributed by atoms with Gasteiger partial charge in [-0.05, 0) is 18.6 Å². The van der Waals surface area contributed by atoms with E-state index < -0.39 is 10.1 Å². The SMILES string of the molecule is O=S(=O)(O)CCCC[n+]1ccc(Sc2ccccc2)cc1. The monoisotopic (exact) mass is 324 g/mol. The van der Waals surface area contributed by atoms with Crippen LogP contribution in [-0.4, -0.2) is 18.7 Å². The van der Waals surface area contributed by atoms with Crippen LogP contribution in [0, 0.1) is 0 Å². The first-order valence-electron chi connectivity index (χ1n) is 6.70. The molecule has 1 aromatic heterocycles. The van der Waals surface area contributed by atoms with Gasteiger partial charge in [0.2, 0.25) is 0 Å². The van der Waals surface area contributed by atoms with Crippen molar-refractivity contribution in [3.05, 3.63) is 54.9 Å². The van der Waals surface area contributed by atoms with E-state index in [1.54, 1.807) is 11.8 Å². The van der Waals surface area contributed by atoms with Crippen LogP contribution in [-0.2, 0) is 16.7 Å². The van der Waals surface area contributed by atoms with Crippen molar-refractivity contribution in [1.29, 1.82) is 0 Å². The van der Waals surface area contributed by atoms with E-state index >= 15 is 0 Å².